The number of aryl methyl sites for hydroxylation is 1. The van der Waals surface area contributed by atoms with E-state index >= 15 is 0 Å². The molecule has 0 unspecified atom stereocenters. The van der Waals surface area contributed by atoms with Gasteiger partial charge in [0, 0.05) is 37.2 Å². The lowest BCUT2D eigenvalue weighted by atomic mass is 10.0. The van der Waals surface area contributed by atoms with Crippen LogP contribution in [0.3, 0.4) is 0 Å². The second kappa shape index (κ2) is 11.4. The molecule has 38 heavy (non-hydrogen) atoms. The van der Waals surface area contributed by atoms with Crippen molar-refractivity contribution >= 4 is 32.7 Å². The van der Waals surface area contributed by atoms with Crippen molar-refractivity contribution in [3.63, 3.8) is 0 Å². The molecule has 0 N–H and O–H groups in total. The molecular formula is C32H26BrN3O2. The van der Waals surface area contributed by atoms with Gasteiger partial charge in [0.15, 0.2) is 6.61 Å². The van der Waals surface area contributed by atoms with E-state index in [1.54, 1.807) is 0 Å². The molecule has 0 radical (unpaired) electrons. The fourth-order valence-electron chi connectivity index (χ4n) is 4.62. The highest BCUT2D eigenvalue weighted by Crippen LogP contribution is 2.31. The smallest absolute Gasteiger partial charge is 0.256 e. The van der Waals surface area contributed by atoms with E-state index in [0.717, 1.165) is 37.6 Å². The Hall–Kier alpha value is -4.34. The minimum Gasteiger partial charge on any atom is -0.478 e. The van der Waals surface area contributed by atoms with Gasteiger partial charge < -0.3 is 14.2 Å². The number of para-hydroxylation sites is 1. The van der Waals surface area contributed by atoms with E-state index in [-0.39, 0.29) is 12.5 Å². The first-order chi connectivity index (χ1) is 18.5. The number of rotatable bonds is 8. The third kappa shape index (κ3) is 5.49. The van der Waals surface area contributed by atoms with Crippen molar-refractivity contribution in [1.82, 2.24) is 9.47 Å². The fraction of sp³-hybridized carbons (Fsp3) is 0.125. The number of nitriles is 1. The zero-order chi connectivity index (χ0) is 26.5. The Kier molecular flexibility index (Phi) is 7.57. The molecule has 0 saturated carbocycles. The molecule has 0 fully saturated rings. The van der Waals surface area contributed by atoms with E-state index in [9.17, 15) is 4.79 Å². The molecule has 4 aromatic carbocycles. The number of hydrogen-bond donors (Lipinski definition) is 0. The van der Waals surface area contributed by atoms with Gasteiger partial charge in [-0.1, -0.05) is 78.9 Å². The van der Waals surface area contributed by atoms with Crippen LogP contribution in [0.5, 0.6) is 5.75 Å². The Morgan fingerprint density at radius 1 is 0.895 bits per heavy atom. The summed E-state index contributed by atoms with van der Waals surface area (Å²) in [7, 11) is 1.97. The average molecular weight is 564 g/mol. The molecule has 5 rings (SSSR count). The zero-order valence-corrected chi connectivity index (χ0v) is 22.6. The van der Waals surface area contributed by atoms with Crippen molar-refractivity contribution in [3.05, 3.63) is 124 Å². The van der Waals surface area contributed by atoms with Gasteiger partial charge in [-0.3, -0.25) is 4.79 Å². The summed E-state index contributed by atoms with van der Waals surface area (Å²) in [6, 6.07) is 34.1. The van der Waals surface area contributed by atoms with Crippen LogP contribution < -0.4 is 4.74 Å². The number of fused-ring (bicyclic) bond motifs is 1. The van der Waals surface area contributed by atoms with Gasteiger partial charge in [-0.05, 0) is 56.4 Å². The predicted octanol–water partition coefficient (Wildman–Crippen LogP) is 7.35. The molecular weight excluding hydrogens is 538 g/mol. The third-order valence-corrected chi connectivity index (χ3v) is 7.14. The molecule has 1 aromatic heterocycles. The van der Waals surface area contributed by atoms with E-state index < -0.39 is 0 Å². The van der Waals surface area contributed by atoms with Gasteiger partial charge in [-0.25, -0.2) is 0 Å². The Labute approximate surface area is 230 Å². The van der Waals surface area contributed by atoms with Crippen LogP contribution in [0.2, 0.25) is 0 Å². The molecule has 0 spiro atoms. The van der Waals surface area contributed by atoms with Gasteiger partial charge in [0.05, 0.1) is 10.0 Å². The van der Waals surface area contributed by atoms with Crippen LogP contribution in [0.25, 0.3) is 22.0 Å². The van der Waals surface area contributed by atoms with Crippen molar-refractivity contribution in [2.24, 2.45) is 7.05 Å². The van der Waals surface area contributed by atoms with Crippen LogP contribution in [-0.4, -0.2) is 22.0 Å². The second-order valence-corrected chi connectivity index (χ2v) is 9.96. The second-order valence-electron chi connectivity index (χ2n) is 9.11. The lowest BCUT2D eigenvalue weighted by Crippen LogP contribution is -2.30. The Balaban J connectivity index is 1.41. The van der Waals surface area contributed by atoms with Crippen molar-refractivity contribution in [3.8, 4) is 22.9 Å². The first kappa shape index (κ1) is 25.3. The number of amides is 1. The summed E-state index contributed by atoms with van der Waals surface area (Å²) >= 11 is 3.53. The van der Waals surface area contributed by atoms with Gasteiger partial charge in [-0.15, -0.1) is 0 Å². The maximum atomic E-state index is 13.9. The van der Waals surface area contributed by atoms with Crippen molar-refractivity contribution in [2.45, 2.75) is 13.1 Å². The molecule has 5 nitrogen and oxygen atoms in total. The van der Waals surface area contributed by atoms with Crippen LogP contribution in [0, 0.1) is 11.3 Å². The molecule has 1 amide bonds. The largest absolute Gasteiger partial charge is 0.478 e. The molecule has 0 bridgehead atoms. The Morgan fingerprint density at radius 2 is 1.55 bits per heavy atom. The minimum absolute atomic E-state index is 0.00359. The number of aromatic nitrogens is 1. The molecule has 0 atom stereocenters. The standard InChI is InChI=1S/C32H26BrN3O2/c1-35-22-28(27-9-5-6-10-30(27)35)32(37)36(20-23-7-3-2-4-8-23)21-24-11-13-25(14-12-24)26-15-16-31(29(33)19-26)38-18-17-34/h2-16,19,22H,18,20-21H2,1H3. The molecule has 188 valence electrons. The number of ether oxygens (including phenoxy) is 1. The minimum atomic E-state index is 0.00359. The summed E-state index contributed by atoms with van der Waals surface area (Å²) in [6.45, 7) is 1.01. The highest BCUT2D eigenvalue weighted by molar-refractivity contribution is 9.10. The van der Waals surface area contributed by atoms with Crippen LogP contribution >= 0.6 is 15.9 Å². The van der Waals surface area contributed by atoms with E-state index in [0.29, 0.717) is 24.4 Å². The summed E-state index contributed by atoms with van der Waals surface area (Å²) in [5.74, 6) is 0.641. The van der Waals surface area contributed by atoms with Crippen LogP contribution in [0.15, 0.2) is 108 Å². The number of halogens is 1. The van der Waals surface area contributed by atoms with Gasteiger partial charge in [0.2, 0.25) is 0 Å². The normalized spacial score (nSPS) is 10.8. The third-order valence-electron chi connectivity index (χ3n) is 6.52. The molecule has 0 aliphatic carbocycles. The summed E-state index contributed by atoms with van der Waals surface area (Å²) < 4.78 is 8.23. The summed E-state index contributed by atoms with van der Waals surface area (Å²) in [5, 5.41) is 9.71. The van der Waals surface area contributed by atoms with Crippen molar-refractivity contribution < 1.29 is 9.53 Å². The van der Waals surface area contributed by atoms with Crippen LogP contribution in [0.4, 0.5) is 0 Å². The number of hydrogen-bond acceptors (Lipinski definition) is 3. The molecule has 0 aliphatic rings. The van der Waals surface area contributed by atoms with E-state index in [4.69, 9.17) is 10.00 Å². The summed E-state index contributed by atoms with van der Waals surface area (Å²) in [6.07, 6.45) is 1.93. The van der Waals surface area contributed by atoms with Crippen LogP contribution in [-0.2, 0) is 20.1 Å². The molecule has 0 aliphatic heterocycles. The number of carbonyl (C=O) groups excluding carboxylic acids is 1. The van der Waals surface area contributed by atoms with Crippen molar-refractivity contribution in [2.75, 3.05) is 6.61 Å². The topological polar surface area (TPSA) is 58.3 Å². The number of carbonyl (C=O) groups is 1. The van der Waals surface area contributed by atoms with Gasteiger partial charge in [0.1, 0.15) is 11.8 Å². The lowest BCUT2D eigenvalue weighted by Gasteiger charge is -2.23. The first-order valence-corrected chi connectivity index (χ1v) is 13.1. The van der Waals surface area contributed by atoms with E-state index in [1.165, 1.54) is 0 Å². The van der Waals surface area contributed by atoms with Gasteiger partial charge in [0.25, 0.3) is 5.91 Å². The summed E-state index contributed by atoms with van der Waals surface area (Å²) in [5.41, 5.74) is 5.96. The van der Waals surface area contributed by atoms with Crippen molar-refractivity contribution in [1.29, 1.82) is 5.26 Å². The molecule has 1 heterocycles. The maximum absolute atomic E-state index is 13.9. The van der Waals surface area contributed by atoms with E-state index in [2.05, 4.69) is 40.2 Å². The highest BCUT2D eigenvalue weighted by Gasteiger charge is 2.21. The Bertz CT molecular complexity index is 1620. The number of nitrogens with zero attached hydrogens (tertiary/aromatic N) is 3. The zero-order valence-electron chi connectivity index (χ0n) is 21.0. The molecule has 5 aromatic rings. The SMILES string of the molecule is Cn1cc(C(=O)N(Cc2ccccc2)Cc2ccc(-c3ccc(OCC#N)c(Br)c3)cc2)c2ccccc21. The predicted molar refractivity (Wildman–Crippen MR) is 154 cm³/mol. The number of benzene rings is 4. The summed E-state index contributed by atoms with van der Waals surface area (Å²) in [4.78, 5) is 15.8. The fourth-order valence-corrected chi connectivity index (χ4v) is 5.11. The maximum Gasteiger partial charge on any atom is 0.256 e. The average Bonchev–Trinajstić information content (AvgIpc) is 3.29. The van der Waals surface area contributed by atoms with Gasteiger partial charge >= 0.3 is 0 Å². The molecule has 6 heteroatoms. The quantitative estimate of drug-likeness (QED) is 0.198. The first-order valence-electron chi connectivity index (χ1n) is 12.3. The molecule has 0 saturated heterocycles. The van der Waals surface area contributed by atoms with E-state index in [1.807, 2.05) is 102 Å². The Morgan fingerprint density at radius 3 is 2.26 bits per heavy atom. The highest BCUT2D eigenvalue weighted by atomic mass is 79.9. The lowest BCUT2D eigenvalue weighted by molar-refractivity contribution is 0.0732. The van der Waals surface area contributed by atoms with Gasteiger partial charge in [-0.2, -0.15) is 5.26 Å². The monoisotopic (exact) mass is 563 g/mol. The van der Waals surface area contributed by atoms with Crippen LogP contribution in [0.1, 0.15) is 21.5 Å².